The van der Waals surface area contributed by atoms with Crippen molar-refractivity contribution >= 4 is 5.91 Å². The van der Waals surface area contributed by atoms with Crippen molar-refractivity contribution in [2.75, 3.05) is 13.2 Å². The quantitative estimate of drug-likeness (QED) is 0.636. The number of carbonyl (C=O) groups is 1. The van der Waals surface area contributed by atoms with Gasteiger partial charge in [-0.3, -0.25) is 4.79 Å². The van der Waals surface area contributed by atoms with Crippen molar-refractivity contribution in [3.8, 4) is 0 Å². The van der Waals surface area contributed by atoms with Crippen LogP contribution in [-0.2, 0) is 4.79 Å². The van der Waals surface area contributed by atoms with Gasteiger partial charge in [-0.2, -0.15) is 0 Å². The number of amides is 1. The predicted octanol–water partition coefficient (Wildman–Crippen LogP) is -0.293. The minimum Gasteiger partial charge on any atom is -0.396 e. The van der Waals surface area contributed by atoms with E-state index in [1.54, 1.807) is 4.90 Å². The molecule has 0 aromatic heterocycles. The standard InChI is InChI=1S/C9H18N2O2/c1-9(2,3-4-12)11-6-7(10)5-8(11)13/h7,12H,3-6,10H2,1-2H3. The van der Waals surface area contributed by atoms with Gasteiger partial charge in [-0.05, 0) is 20.3 Å². The lowest BCUT2D eigenvalue weighted by molar-refractivity contribution is -0.132. The van der Waals surface area contributed by atoms with Gasteiger partial charge in [0.15, 0.2) is 0 Å². The lowest BCUT2D eigenvalue weighted by atomic mass is 9.99. The van der Waals surface area contributed by atoms with Crippen LogP contribution < -0.4 is 5.73 Å². The number of rotatable bonds is 3. The molecule has 0 radical (unpaired) electrons. The Morgan fingerprint density at radius 3 is 2.69 bits per heavy atom. The highest BCUT2D eigenvalue weighted by molar-refractivity contribution is 5.80. The van der Waals surface area contributed by atoms with Crippen LogP contribution in [0.25, 0.3) is 0 Å². The van der Waals surface area contributed by atoms with E-state index < -0.39 is 0 Å². The molecule has 4 nitrogen and oxygen atoms in total. The first-order chi connectivity index (χ1) is 5.97. The lowest BCUT2D eigenvalue weighted by Crippen LogP contribution is -2.46. The molecule has 1 unspecified atom stereocenters. The Bertz CT molecular complexity index is 204. The minimum atomic E-state index is -0.264. The molecule has 1 atom stereocenters. The molecule has 1 fully saturated rings. The Morgan fingerprint density at radius 1 is 1.69 bits per heavy atom. The molecule has 1 aliphatic heterocycles. The van der Waals surface area contributed by atoms with Crippen molar-refractivity contribution in [1.82, 2.24) is 4.90 Å². The molecule has 4 heteroatoms. The summed E-state index contributed by atoms with van der Waals surface area (Å²) in [6.07, 6.45) is 1.04. The third-order valence-electron chi connectivity index (χ3n) is 2.61. The summed E-state index contributed by atoms with van der Waals surface area (Å²) in [4.78, 5) is 13.2. The van der Waals surface area contributed by atoms with Crippen LogP contribution >= 0.6 is 0 Å². The van der Waals surface area contributed by atoms with Gasteiger partial charge in [0.1, 0.15) is 0 Å². The summed E-state index contributed by atoms with van der Waals surface area (Å²) in [5.41, 5.74) is 5.42. The maximum atomic E-state index is 11.5. The molecule has 0 spiro atoms. The summed E-state index contributed by atoms with van der Waals surface area (Å²) in [5, 5.41) is 8.85. The third-order valence-corrected chi connectivity index (χ3v) is 2.61. The number of hydrogen-bond donors (Lipinski definition) is 2. The van der Waals surface area contributed by atoms with Crippen LogP contribution in [0.4, 0.5) is 0 Å². The average molecular weight is 186 g/mol. The molecule has 0 aliphatic carbocycles. The van der Waals surface area contributed by atoms with Crippen LogP contribution in [0.15, 0.2) is 0 Å². The molecular formula is C9H18N2O2. The molecule has 3 N–H and O–H groups in total. The number of nitrogens with two attached hydrogens (primary N) is 1. The van der Waals surface area contributed by atoms with E-state index >= 15 is 0 Å². The van der Waals surface area contributed by atoms with Crippen molar-refractivity contribution in [1.29, 1.82) is 0 Å². The monoisotopic (exact) mass is 186 g/mol. The summed E-state index contributed by atoms with van der Waals surface area (Å²) in [6, 6.07) is -0.0366. The highest BCUT2D eigenvalue weighted by Gasteiger charge is 2.36. The third kappa shape index (κ3) is 2.19. The van der Waals surface area contributed by atoms with Crippen LogP contribution in [0, 0.1) is 0 Å². The van der Waals surface area contributed by atoms with E-state index in [1.807, 2.05) is 13.8 Å². The van der Waals surface area contributed by atoms with Gasteiger partial charge >= 0.3 is 0 Å². The normalized spacial score (nSPS) is 24.2. The summed E-state index contributed by atoms with van der Waals surface area (Å²) < 4.78 is 0. The van der Waals surface area contributed by atoms with Crippen molar-refractivity contribution in [3.63, 3.8) is 0 Å². The fourth-order valence-electron chi connectivity index (χ4n) is 1.73. The van der Waals surface area contributed by atoms with E-state index in [4.69, 9.17) is 10.8 Å². The zero-order chi connectivity index (χ0) is 10.1. The number of carbonyl (C=O) groups excluding carboxylic acids is 1. The molecule has 1 rings (SSSR count). The van der Waals surface area contributed by atoms with Crippen LogP contribution in [0.5, 0.6) is 0 Å². The van der Waals surface area contributed by atoms with Gasteiger partial charge in [0.2, 0.25) is 5.91 Å². The van der Waals surface area contributed by atoms with E-state index in [-0.39, 0.29) is 24.1 Å². The van der Waals surface area contributed by atoms with Crippen LogP contribution in [0.1, 0.15) is 26.7 Å². The number of hydrogen-bond acceptors (Lipinski definition) is 3. The van der Waals surface area contributed by atoms with E-state index in [1.165, 1.54) is 0 Å². The molecule has 76 valence electrons. The Hall–Kier alpha value is -0.610. The van der Waals surface area contributed by atoms with E-state index in [0.717, 1.165) is 0 Å². The summed E-state index contributed by atoms with van der Waals surface area (Å²) in [5.74, 6) is 0.103. The number of aliphatic hydroxyl groups is 1. The van der Waals surface area contributed by atoms with Gasteiger partial charge in [0.25, 0.3) is 0 Å². The highest BCUT2D eigenvalue weighted by Crippen LogP contribution is 2.24. The van der Waals surface area contributed by atoms with Gasteiger partial charge in [0, 0.05) is 31.2 Å². The van der Waals surface area contributed by atoms with Gasteiger partial charge in [0.05, 0.1) is 0 Å². The van der Waals surface area contributed by atoms with Gasteiger partial charge < -0.3 is 15.7 Å². The smallest absolute Gasteiger partial charge is 0.224 e. The van der Waals surface area contributed by atoms with Crippen molar-refractivity contribution in [3.05, 3.63) is 0 Å². The maximum Gasteiger partial charge on any atom is 0.224 e. The number of nitrogens with zero attached hydrogens (tertiary/aromatic N) is 1. The average Bonchev–Trinajstić information content (AvgIpc) is 2.30. The molecule has 13 heavy (non-hydrogen) atoms. The van der Waals surface area contributed by atoms with Crippen LogP contribution in [0.2, 0.25) is 0 Å². The second kappa shape index (κ2) is 3.64. The zero-order valence-electron chi connectivity index (χ0n) is 8.29. The largest absolute Gasteiger partial charge is 0.396 e. The molecule has 1 amide bonds. The van der Waals surface area contributed by atoms with Crippen molar-refractivity contribution < 1.29 is 9.90 Å². The van der Waals surface area contributed by atoms with E-state index in [9.17, 15) is 4.79 Å². The Balaban J connectivity index is 2.65. The second-order valence-electron chi connectivity index (χ2n) is 4.25. The van der Waals surface area contributed by atoms with Crippen LogP contribution in [0.3, 0.4) is 0 Å². The summed E-state index contributed by atoms with van der Waals surface area (Å²) in [6.45, 7) is 4.64. The molecule has 0 aromatic rings. The molecule has 0 aromatic carbocycles. The maximum absolute atomic E-state index is 11.5. The molecule has 1 heterocycles. The molecule has 0 bridgehead atoms. The van der Waals surface area contributed by atoms with Crippen molar-refractivity contribution in [2.24, 2.45) is 5.73 Å². The minimum absolute atomic E-state index is 0.0366. The topological polar surface area (TPSA) is 66.6 Å². The van der Waals surface area contributed by atoms with Gasteiger partial charge in [-0.1, -0.05) is 0 Å². The Morgan fingerprint density at radius 2 is 2.31 bits per heavy atom. The highest BCUT2D eigenvalue weighted by atomic mass is 16.3. The number of aliphatic hydroxyl groups excluding tert-OH is 1. The van der Waals surface area contributed by atoms with Gasteiger partial charge in [-0.25, -0.2) is 0 Å². The first-order valence-electron chi connectivity index (χ1n) is 4.64. The Kier molecular flexibility index (Phi) is 2.93. The second-order valence-corrected chi connectivity index (χ2v) is 4.25. The number of likely N-dealkylation sites (tertiary alicyclic amines) is 1. The van der Waals surface area contributed by atoms with Crippen molar-refractivity contribution in [2.45, 2.75) is 38.3 Å². The van der Waals surface area contributed by atoms with Gasteiger partial charge in [-0.15, -0.1) is 0 Å². The first kappa shape index (κ1) is 10.5. The fraction of sp³-hybridized carbons (Fsp3) is 0.889. The van der Waals surface area contributed by atoms with E-state index in [0.29, 0.717) is 19.4 Å². The lowest BCUT2D eigenvalue weighted by Gasteiger charge is -2.35. The first-order valence-corrected chi connectivity index (χ1v) is 4.64. The Labute approximate surface area is 78.7 Å². The van der Waals surface area contributed by atoms with Crippen LogP contribution in [-0.4, -0.2) is 40.6 Å². The molecule has 1 aliphatic rings. The molecular weight excluding hydrogens is 168 g/mol. The predicted molar refractivity (Wildman–Crippen MR) is 50.1 cm³/mol. The van der Waals surface area contributed by atoms with E-state index in [2.05, 4.69) is 0 Å². The fourth-order valence-corrected chi connectivity index (χ4v) is 1.73. The zero-order valence-corrected chi connectivity index (χ0v) is 8.29. The summed E-state index contributed by atoms with van der Waals surface area (Å²) >= 11 is 0. The molecule has 1 saturated heterocycles. The SMILES string of the molecule is CC(C)(CCO)N1CC(N)CC1=O. The molecule has 0 saturated carbocycles. The summed E-state index contributed by atoms with van der Waals surface area (Å²) in [7, 11) is 0.